The van der Waals surface area contributed by atoms with Gasteiger partial charge in [0.15, 0.2) is 9.75 Å². The Hall–Kier alpha value is -1.94. The molecular weight excluding hydrogens is 563 g/mol. The van der Waals surface area contributed by atoms with E-state index in [4.69, 9.17) is 27.9 Å². The van der Waals surface area contributed by atoms with Crippen LogP contribution in [0.4, 0.5) is 0 Å². The molecule has 1 saturated carbocycles. The lowest BCUT2D eigenvalue weighted by atomic mass is 9.56. The molecule has 2 aliphatic heterocycles. The molecule has 0 bridgehead atoms. The normalized spacial score (nSPS) is 36.2. The smallest absolute Gasteiger partial charge is 0.254 e. The molecule has 11 heteroatoms. The van der Waals surface area contributed by atoms with Crippen molar-refractivity contribution in [1.82, 2.24) is 9.80 Å². The lowest BCUT2D eigenvalue weighted by Crippen LogP contribution is -2.60. The highest BCUT2D eigenvalue weighted by Gasteiger charge is 2.76. The van der Waals surface area contributed by atoms with Gasteiger partial charge in [-0.25, -0.2) is 0 Å². The molecule has 1 aromatic carbocycles. The number of halogens is 3. The van der Waals surface area contributed by atoms with Crippen LogP contribution in [0.1, 0.15) is 24.3 Å². The number of ether oxygens (including phenoxy) is 1. The Morgan fingerprint density at radius 1 is 1.11 bits per heavy atom. The van der Waals surface area contributed by atoms with Crippen molar-refractivity contribution in [2.45, 2.75) is 28.5 Å². The SMILES string of the molecule is CN1C(=O)[C@H]2[C@H](CC=C3[C@H]2C[C@@]2(Cl)C(=O)N(CBr)C(=O)[C@@]2(Cl)[C@H]3c2ccccc2OCCO)C1=O. The fourth-order valence-electron chi connectivity index (χ4n) is 6.26. The number of carbonyl (C=O) groups is 4. The van der Waals surface area contributed by atoms with Gasteiger partial charge in [-0.2, -0.15) is 0 Å². The average Bonchev–Trinajstić information content (AvgIpc) is 3.16. The zero-order chi connectivity index (χ0) is 25.3. The van der Waals surface area contributed by atoms with E-state index in [2.05, 4.69) is 15.9 Å². The highest BCUT2D eigenvalue weighted by Crippen LogP contribution is 2.66. The summed E-state index contributed by atoms with van der Waals surface area (Å²) in [6.07, 6.45) is 2.13. The van der Waals surface area contributed by atoms with E-state index in [9.17, 15) is 24.3 Å². The Balaban J connectivity index is 1.75. The summed E-state index contributed by atoms with van der Waals surface area (Å²) in [7, 11) is 1.46. The number of allylic oxidation sites excluding steroid dienone is 2. The van der Waals surface area contributed by atoms with Crippen LogP contribution >= 0.6 is 39.1 Å². The third-order valence-corrected chi connectivity index (χ3v) is 9.73. The van der Waals surface area contributed by atoms with Gasteiger partial charge in [-0.05, 0) is 24.8 Å². The van der Waals surface area contributed by atoms with Crippen LogP contribution < -0.4 is 4.74 Å². The number of amides is 4. The third-order valence-electron chi connectivity index (χ3n) is 7.81. The maximum atomic E-state index is 13.7. The van der Waals surface area contributed by atoms with Gasteiger partial charge in [-0.15, -0.1) is 23.2 Å². The molecule has 186 valence electrons. The zero-order valence-corrected chi connectivity index (χ0v) is 21.8. The summed E-state index contributed by atoms with van der Waals surface area (Å²) in [5.41, 5.74) is 1.14. The Morgan fingerprint density at radius 3 is 2.51 bits per heavy atom. The monoisotopic (exact) mass is 584 g/mol. The number of aliphatic hydroxyl groups excluding tert-OH is 1. The minimum absolute atomic E-state index is 0.0103. The van der Waals surface area contributed by atoms with E-state index >= 15 is 0 Å². The number of aliphatic hydroxyl groups is 1. The van der Waals surface area contributed by atoms with Crippen molar-refractivity contribution in [2.24, 2.45) is 17.8 Å². The maximum absolute atomic E-state index is 13.7. The molecule has 3 fully saturated rings. The van der Waals surface area contributed by atoms with E-state index in [0.29, 0.717) is 23.3 Å². The number of carbonyl (C=O) groups excluding carboxylic acids is 4. The predicted octanol–water partition coefficient (Wildman–Crippen LogP) is 2.40. The zero-order valence-electron chi connectivity index (χ0n) is 18.7. The van der Waals surface area contributed by atoms with Gasteiger partial charge in [0.1, 0.15) is 12.4 Å². The highest BCUT2D eigenvalue weighted by molar-refractivity contribution is 9.09. The first-order valence-corrected chi connectivity index (χ1v) is 13.1. The molecule has 4 aliphatic rings. The van der Waals surface area contributed by atoms with Crippen LogP contribution in [0.15, 0.2) is 35.9 Å². The van der Waals surface area contributed by atoms with Crippen LogP contribution in [0, 0.1) is 17.8 Å². The van der Waals surface area contributed by atoms with Crippen molar-refractivity contribution in [3.63, 3.8) is 0 Å². The number of fused-ring (bicyclic) bond motifs is 4. The van der Waals surface area contributed by atoms with Gasteiger partial charge in [0.05, 0.1) is 23.9 Å². The molecule has 35 heavy (non-hydrogen) atoms. The number of hydrogen-bond donors (Lipinski definition) is 1. The number of benzene rings is 1. The summed E-state index contributed by atoms with van der Waals surface area (Å²) in [4.78, 5) is 51.6. The summed E-state index contributed by atoms with van der Waals surface area (Å²) < 4.78 is 5.78. The van der Waals surface area contributed by atoms with E-state index in [1.807, 2.05) is 6.08 Å². The minimum atomic E-state index is -1.88. The Morgan fingerprint density at radius 2 is 1.83 bits per heavy atom. The number of para-hydroxylation sites is 1. The second kappa shape index (κ2) is 8.57. The standard InChI is InChI=1S/C24H23BrCl2N2O6/c1-28-19(31)14-7-6-12-15(17(14)20(28)32)10-23(26)21(33)29(11-25)22(34)24(23,27)18(12)13-4-2-3-5-16(13)35-9-8-30/h2-6,14-15,17-18,30H,7-11H2,1H3/t14-,15+,17-,18+,23+,24-/m0/s1. The Labute approximate surface area is 220 Å². The van der Waals surface area contributed by atoms with Crippen LogP contribution in [-0.2, 0) is 19.2 Å². The largest absolute Gasteiger partial charge is 0.491 e. The van der Waals surface area contributed by atoms with E-state index < -0.39 is 45.2 Å². The fourth-order valence-corrected chi connectivity index (χ4v) is 7.68. The summed E-state index contributed by atoms with van der Waals surface area (Å²) in [5.74, 6) is -4.18. The molecule has 8 nitrogen and oxygen atoms in total. The molecule has 5 rings (SSSR count). The van der Waals surface area contributed by atoms with Gasteiger partial charge in [0.25, 0.3) is 11.8 Å². The van der Waals surface area contributed by atoms with Crippen LogP contribution in [0.3, 0.4) is 0 Å². The molecule has 2 aliphatic carbocycles. The number of rotatable bonds is 5. The number of hydrogen-bond acceptors (Lipinski definition) is 6. The van der Waals surface area contributed by atoms with Gasteiger partial charge in [-0.3, -0.25) is 29.0 Å². The van der Waals surface area contributed by atoms with Crippen molar-refractivity contribution in [1.29, 1.82) is 0 Å². The molecule has 6 atom stereocenters. The maximum Gasteiger partial charge on any atom is 0.254 e. The van der Waals surface area contributed by atoms with Crippen molar-refractivity contribution < 1.29 is 29.0 Å². The molecule has 2 heterocycles. The van der Waals surface area contributed by atoms with E-state index in [1.165, 1.54) is 7.05 Å². The summed E-state index contributed by atoms with van der Waals surface area (Å²) in [6, 6.07) is 6.95. The van der Waals surface area contributed by atoms with Crippen molar-refractivity contribution in [3.8, 4) is 5.75 Å². The lowest BCUT2D eigenvalue weighted by molar-refractivity contribution is -0.140. The van der Waals surface area contributed by atoms with Crippen LogP contribution in [-0.4, -0.2) is 74.0 Å². The summed E-state index contributed by atoms with van der Waals surface area (Å²) in [5, 5.41) is 9.31. The first-order chi connectivity index (χ1) is 16.6. The Kier molecular flexibility index (Phi) is 6.06. The first kappa shape index (κ1) is 24.7. The molecule has 0 spiro atoms. The van der Waals surface area contributed by atoms with E-state index in [-0.39, 0.29) is 36.9 Å². The highest BCUT2D eigenvalue weighted by atomic mass is 79.9. The van der Waals surface area contributed by atoms with Gasteiger partial charge < -0.3 is 9.84 Å². The van der Waals surface area contributed by atoms with Crippen molar-refractivity contribution >= 4 is 62.8 Å². The van der Waals surface area contributed by atoms with Gasteiger partial charge >= 0.3 is 0 Å². The van der Waals surface area contributed by atoms with E-state index in [1.54, 1.807) is 24.3 Å². The van der Waals surface area contributed by atoms with Crippen LogP contribution in [0.2, 0.25) is 0 Å². The van der Waals surface area contributed by atoms with Gasteiger partial charge in [-0.1, -0.05) is 45.8 Å². The molecule has 0 unspecified atom stereocenters. The summed E-state index contributed by atoms with van der Waals surface area (Å²) in [6.45, 7) is -0.215. The molecule has 4 amide bonds. The molecule has 0 aromatic heterocycles. The minimum Gasteiger partial charge on any atom is -0.491 e. The van der Waals surface area contributed by atoms with Crippen molar-refractivity contribution in [3.05, 3.63) is 41.5 Å². The molecule has 1 aromatic rings. The number of nitrogens with zero attached hydrogens (tertiary/aromatic N) is 2. The van der Waals surface area contributed by atoms with Gasteiger partial charge in [0.2, 0.25) is 11.8 Å². The second-order valence-corrected chi connectivity index (χ2v) is 11.1. The molecule has 2 saturated heterocycles. The topological polar surface area (TPSA) is 104 Å². The molecule has 1 N–H and O–H groups in total. The van der Waals surface area contributed by atoms with Crippen LogP contribution in [0.5, 0.6) is 5.75 Å². The lowest BCUT2D eigenvalue weighted by Gasteiger charge is -2.51. The summed E-state index contributed by atoms with van der Waals surface area (Å²) >= 11 is 17.5. The van der Waals surface area contributed by atoms with E-state index in [0.717, 1.165) is 9.80 Å². The number of alkyl halides is 3. The fraction of sp³-hybridized carbons (Fsp3) is 0.500. The first-order valence-electron chi connectivity index (χ1n) is 11.3. The third kappa shape index (κ3) is 3.14. The quantitative estimate of drug-likeness (QED) is 0.246. The van der Waals surface area contributed by atoms with Crippen molar-refractivity contribution in [2.75, 3.05) is 25.7 Å². The molecular formula is C24H23BrCl2N2O6. The number of likely N-dealkylation sites (tertiary alicyclic amines) is 2. The predicted molar refractivity (Wildman–Crippen MR) is 130 cm³/mol. The molecule has 0 radical (unpaired) electrons. The van der Waals surface area contributed by atoms with Gasteiger partial charge in [0, 0.05) is 18.5 Å². The average molecular weight is 586 g/mol. The van der Waals surface area contributed by atoms with Crippen LogP contribution in [0.25, 0.3) is 0 Å². The second-order valence-electron chi connectivity index (χ2n) is 9.33. The number of imide groups is 2. The Bertz CT molecular complexity index is 1180.